The van der Waals surface area contributed by atoms with Gasteiger partial charge in [-0.3, -0.25) is 9.59 Å². The fraction of sp³-hybridized carbons (Fsp3) is 0.200. The number of aromatic amines is 1. The Morgan fingerprint density at radius 1 is 1.40 bits per heavy atom. The summed E-state index contributed by atoms with van der Waals surface area (Å²) < 4.78 is 0. The lowest BCUT2D eigenvalue weighted by atomic mass is 10.1. The fourth-order valence-corrected chi connectivity index (χ4v) is 2.67. The van der Waals surface area contributed by atoms with Gasteiger partial charge in [-0.05, 0) is 37.1 Å². The monoisotopic (exact) mass is 269 g/mol. The smallest absolute Gasteiger partial charge is 0.264 e. The summed E-state index contributed by atoms with van der Waals surface area (Å²) in [4.78, 5) is 28.9. The van der Waals surface area contributed by atoms with Crippen LogP contribution in [0.2, 0.25) is 0 Å². The number of nitrogens with one attached hydrogen (secondary N) is 1. The van der Waals surface area contributed by atoms with E-state index in [1.54, 1.807) is 11.0 Å². The maximum Gasteiger partial charge on any atom is 0.264 e. The Kier molecular flexibility index (Phi) is 2.82. The molecule has 1 unspecified atom stereocenters. The minimum Gasteiger partial charge on any atom is -0.399 e. The molecule has 1 aliphatic rings. The van der Waals surface area contributed by atoms with Crippen molar-refractivity contribution in [3.05, 3.63) is 58.0 Å². The van der Waals surface area contributed by atoms with Crippen LogP contribution < -0.4 is 16.1 Å². The van der Waals surface area contributed by atoms with Crippen molar-refractivity contribution in [2.75, 3.05) is 10.6 Å². The van der Waals surface area contributed by atoms with E-state index < -0.39 is 0 Å². The molecule has 1 aliphatic heterocycles. The average Bonchev–Trinajstić information content (AvgIpc) is 2.73. The van der Waals surface area contributed by atoms with Crippen molar-refractivity contribution in [1.29, 1.82) is 0 Å². The first-order chi connectivity index (χ1) is 9.58. The van der Waals surface area contributed by atoms with E-state index >= 15 is 0 Å². The highest BCUT2D eigenvalue weighted by Crippen LogP contribution is 2.34. The van der Waals surface area contributed by atoms with Gasteiger partial charge < -0.3 is 15.6 Å². The van der Waals surface area contributed by atoms with E-state index in [4.69, 9.17) is 5.73 Å². The Hall–Kier alpha value is -2.56. The summed E-state index contributed by atoms with van der Waals surface area (Å²) in [5.41, 5.74) is 8.21. The molecule has 102 valence electrons. The van der Waals surface area contributed by atoms with Gasteiger partial charge in [0.25, 0.3) is 5.91 Å². The molecule has 20 heavy (non-hydrogen) atoms. The fourth-order valence-electron chi connectivity index (χ4n) is 2.67. The summed E-state index contributed by atoms with van der Waals surface area (Å²) in [5.74, 6) is -0.275. The number of hydrogen-bond acceptors (Lipinski definition) is 3. The molecule has 1 aromatic heterocycles. The zero-order valence-corrected chi connectivity index (χ0v) is 11.1. The molecule has 1 amide bonds. The second kappa shape index (κ2) is 4.52. The van der Waals surface area contributed by atoms with Gasteiger partial charge >= 0.3 is 0 Å². The highest BCUT2D eigenvalue weighted by Gasteiger charge is 2.32. The van der Waals surface area contributed by atoms with Crippen molar-refractivity contribution in [1.82, 2.24) is 4.98 Å². The van der Waals surface area contributed by atoms with E-state index in [1.165, 1.54) is 18.5 Å². The standard InChI is InChI=1S/C15H15N3O2/c1-9-6-10-7-11(16)2-3-13(10)18(9)15(20)12-8-17-5-4-14(12)19/h2-5,7-9H,6,16H2,1H3,(H,17,19). The van der Waals surface area contributed by atoms with Crippen molar-refractivity contribution in [2.24, 2.45) is 0 Å². The Balaban J connectivity index is 2.06. The molecular weight excluding hydrogens is 254 g/mol. The van der Waals surface area contributed by atoms with Crippen LogP contribution in [0.4, 0.5) is 11.4 Å². The number of carbonyl (C=O) groups excluding carboxylic acids is 1. The average molecular weight is 269 g/mol. The largest absolute Gasteiger partial charge is 0.399 e. The number of hydrogen-bond donors (Lipinski definition) is 2. The Morgan fingerprint density at radius 3 is 2.95 bits per heavy atom. The van der Waals surface area contributed by atoms with E-state index in [9.17, 15) is 9.59 Å². The number of aromatic nitrogens is 1. The third kappa shape index (κ3) is 1.87. The van der Waals surface area contributed by atoms with Crippen molar-refractivity contribution in [3.8, 4) is 0 Å². The SMILES string of the molecule is CC1Cc2cc(N)ccc2N1C(=O)c1c[nH]ccc1=O. The minimum atomic E-state index is -0.275. The Bertz CT molecular complexity index is 736. The topological polar surface area (TPSA) is 79.2 Å². The Morgan fingerprint density at radius 2 is 2.20 bits per heavy atom. The number of carbonyl (C=O) groups is 1. The highest BCUT2D eigenvalue weighted by molar-refractivity contribution is 6.07. The van der Waals surface area contributed by atoms with E-state index in [1.807, 2.05) is 19.1 Å². The third-order valence-electron chi connectivity index (χ3n) is 3.59. The third-order valence-corrected chi connectivity index (χ3v) is 3.59. The molecule has 0 spiro atoms. The number of anilines is 2. The first-order valence-electron chi connectivity index (χ1n) is 6.47. The van der Waals surface area contributed by atoms with E-state index in [2.05, 4.69) is 4.98 Å². The number of pyridine rings is 1. The van der Waals surface area contributed by atoms with Gasteiger partial charge in [-0.2, -0.15) is 0 Å². The number of H-pyrrole nitrogens is 1. The molecule has 0 fully saturated rings. The number of nitrogen functional groups attached to an aromatic ring is 1. The number of rotatable bonds is 1. The lowest BCUT2D eigenvalue weighted by Crippen LogP contribution is -2.38. The van der Waals surface area contributed by atoms with Crippen molar-refractivity contribution in [2.45, 2.75) is 19.4 Å². The van der Waals surface area contributed by atoms with Crippen LogP contribution in [0.3, 0.4) is 0 Å². The second-order valence-corrected chi connectivity index (χ2v) is 5.04. The zero-order valence-electron chi connectivity index (χ0n) is 11.1. The van der Waals surface area contributed by atoms with E-state index in [0.29, 0.717) is 5.69 Å². The predicted octanol–water partition coefficient (Wildman–Crippen LogP) is 1.55. The predicted molar refractivity (Wildman–Crippen MR) is 77.9 cm³/mol. The summed E-state index contributed by atoms with van der Waals surface area (Å²) in [6, 6.07) is 6.86. The van der Waals surface area contributed by atoms with Crippen molar-refractivity contribution in [3.63, 3.8) is 0 Å². The summed E-state index contributed by atoms with van der Waals surface area (Å²) >= 11 is 0. The lowest BCUT2D eigenvalue weighted by molar-refractivity contribution is 0.0980. The van der Waals surface area contributed by atoms with E-state index in [0.717, 1.165) is 17.7 Å². The van der Waals surface area contributed by atoms with Gasteiger partial charge in [-0.15, -0.1) is 0 Å². The molecule has 3 rings (SSSR count). The summed E-state index contributed by atoms with van der Waals surface area (Å²) in [6.45, 7) is 1.96. The number of amides is 1. The van der Waals surface area contributed by atoms with Crippen LogP contribution in [0, 0.1) is 0 Å². The number of nitrogens with two attached hydrogens (primary N) is 1. The minimum absolute atomic E-state index is 0.0129. The van der Waals surface area contributed by atoms with Crippen LogP contribution in [-0.2, 0) is 6.42 Å². The van der Waals surface area contributed by atoms with Gasteiger partial charge in [0.05, 0.1) is 0 Å². The molecule has 2 aromatic rings. The number of nitrogens with zero attached hydrogens (tertiary/aromatic N) is 1. The normalized spacial score (nSPS) is 17.1. The molecule has 1 aromatic carbocycles. The van der Waals surface area contributed by atoms with Gasteiger partial charge in [-0.1, -0.05) is 0 Å². The molecule has 0 aliphatic carbocycles. The van der Waals surface area contributed by atoms with Crippen molar-refractivity contribution < 1.29 is 4.79 Å². The first kappa shape index (κ1) is 12.5. The summed E-state index contributed by atoms with van der Waals surface area (Å²) in [6.07, 6.45) is 3.71. The molecule has 0 bridgehead atoms. The molecule has 1 atom stereocenters. The molecule has 3 N–H and O–H groups in total. The van der Waals surface area contributed by atoms with Crippen LogP contribution >= 0.6 is 0 Å². The van der Waals surface area contributed by atoms with Crippen molar-refractivity contribution >= 4 is 17.3 Å². The quantitative estimate of drug-likeness (QED) is 0.771. The maximum absolute atomic E-state index is 12.6. The molecular formula is C15H15N3O2. The molecule has 0 saturated carbocycles. The van der Waals surface area contributed by atoms with Crippen LogP contribution in [-0.4, -0.2) is 16.9 Å². The number of benzene rings is 1. The molecule has 2 heterocycles. The van der Waals surface area contributed by atoms with E-state index in [-0.39, 0.29) is 22.9 Å². The summed E-state index contributed by atoms with van der Waals surface area (Å²) in [7, 11) is 0. The molecule has 0 saturated heterocycles. The Labute approximate surface area is 116 Å². The maximum atomic E-state index is 12.6. The van der Waals surface area contributed by atoms with Gasteiger partial charge in [0.1, 0.15) is 5.56 Å². The number of fused-ring (bicyclic) bond motifs is 1. The van der Waals surface area contributed by atoms with Gasteiger partial charge in [0.2, 0.25) is 0 Å². The molecule has 5 heteroatoms. The van der Waals surface area contributed by atoms with Crippen LogP contribution in [0.1, 0.15) is 22.8 Å². The van der Waals surface area contributed by atoms with Gasteiger partial charge in [0.15, 0.2) is 5.43 Å². The first-order valence-corrected chi connectivity index (χ1v) is 6.47. The van der Waals surface area contributed by atoms with Gasteiger partial charge in [-0.25, -0.2) is 0 Å². The van der Waals surface area contributed by atoms with Crippen LogP contribution in [0.15, 0.2) is 41.5 Å². The van der Waals surface area contributed by atoms with Crippen LogP contribution in [0.25, 0.3) is 0 Å². The second-order valence-electron chi connectivity index (χ2n) is 5.04. The molecule has 0 radical (unpaired) electrons. The lowest BCUT2D eigenvalue weighted by Gasteiger charge is -2.22. The molecule has 5 nitrogen and oxygen atoms in total. The van der Waals surface area contributed by atoms with Crippen LogP contribution in [0.5, 0.6) is 0 Å². The highest BCUT2D eigenvalue weighted by atomic mass is 16.2. The van der Waals surface area contributed by atoms with Gasteiger partial charge in [0, 0.05) is 35.9 Å². The zero-order chi connectivity index (χ0) is 14.3. The summed E-state index contributed by atoms with van der Waals surface area (Å²) in [5, 5.41) is 0.